The fraction of sp³-hybridized carbons (Fsp3) is 1.00. The molecule has 0 bridgehead atoms. The summed E-state index contributed by atoms with van der Waals surface area (Å²) in [6.45, 7) is 8.99. The van der Waals surface area contributed by atoms with Gasteiger partial charge in [0, 0.05) is 37.5 Å². The first-order valence-corrected chi connectivity index (χ1v) is 9.96. The van der Waals surface area contributed by atoms with Crippen LogP contribution in [0.1, 0.15) is 40.0 Å². The van der Waals surface area contributed by atoms with E-state index in [1.54, 1.807) is 6.92 Å². The van der Waals surface area contributed by atoms with Gasteiger partial charge in [0.25, 0.3) is 0 Å². The van der Waals surface area contributed by atoms with E-state index in [0.717, 1.165) is 25.4 Å². The molecule has 0 spiro atoms. The zero-order valence-electron chi connectivity index (χ0n) is 13.1. The Hall–Kier alpha value is -0.130. The molecule has 1 heterocycles. The molecule has 1 aliphatic heterocycles. The van der Waals surface area contributed by atoms with Crippen molar-refractivity contribution in [2.75, 3.05) is 31.1 Å². The van der Waals surface area contributed by atoms with Gasteiger partial charge in [-0.25, -0.2) is 8.42 Å². The van der Waals surface area contributed by atoms with Gasteiger partial charge in [-0.1, -0.05) is 27.2 Å². The van der Waals surface area contributed by atoms with E-state index in [9.17, 15) is 8.42 Å². The number of hydrogen-bond donors (Lipinski definition) is 1. The van der Waals surface area contributed by atoms with Crippen molar-refractivity contribution in [2.45, 2.75) is 52.1 Å². The molecule has 0 aromatic rings. The Kier molecular flexibility index (Phi) is 5.49. The molecule has 1 aliphatic carbocycles. The normalized spacial score (nSPS) is 30.4. The van der Waals surface area contributed by atoms with Gasteiger partial charge in [-0.2, -0.15) is 0 Å². The van der Waals surface area contributed by atoms with Gasteiger partial charge < -0.3 is 5.32 Å². The number of sulfone groups is 1. The van der Waals surface area contributed by atoms with Crippen LogP contribution in [0.5, 0.6) is 0 Å². The van der Waals surface area contributed by atoms with Crippen molar-refractivity contribution in [3.63, 3.8) is 0 Å². The Bertz CT molecular complexity index is 406. The average Bonchev–Trinajstić information content (AvgIpc) is 3.28. The summed E-state index contributed by atoms with van der Waals surface area (Å²) in [5, 5.41) is 3.70. The molecule has 1 N–H and O–H groups in total. The van der Waals surface area contributed by atoms with Crippen molar-refractivity contribution in [1.29, 1.82) is 0 Å². The maximum Gasteiger partial charge on any atom is 0.151 e. The van der Waals surface area contributed by atoms with Crippen molar-refractivity contribution in [3.8, 4) is 0 Å². The van der Waals surface area contributed by atoms with Gasteiger partial charge in [0.1, 0.15) is 0 Å². The van der Waals surface area contributed by atoms with Gasteiger partial charge in [-0.05, 0) is 24.7 Å². The predicted molar refractivity (Wildman–Crippen MR) is 83.7 cm³/mol. The fourth-order valence-electron chi connectivity index (χ4n) is 3.16. The summed E-state index contributed by atoms with van der Waals surface area (Å²) in [6.07, 6.45) is 3.83. The molecule has 118 valence electrons. The second kappa shape index (κ2) is 6.75. The van der Waals surface area contributed by atoms with Crippen LogP contribution >= 0.6 is 0 Å². The Morgan fingerprint density at radius 2 is 2.00 bits per heavy atom. The van der Waals surface area contributed by atoms with Crippen LogP contribution in [0.3, 0.4) is 0 Å². The third-order valence-corrected chi connectivity index (χ3v) is 6.79. The Morgan fingerprint density at radius 3 is 2.55 bits per heavy atom. The Balaban J connectivity index is 1.97. The van der Waals surface area contributed by atoms with Crippen molar-refractivity contribution in [2.24, 2.45) is 11.8 Å². The first kappa shape index (κ1) is 16.2. The molecule has 2 rings (SSSR count). The largest absolute Gasteiger partial charge is 0.311 e. The van der Waals surface area contributed by atoms with Gasteiger partial charge in [0.15, 0.2) is 9.84 Å². The van der Waals surface area contributed by atoms with E-state index in [2.05, 4.69) is 24.1 Å². The molecule has 0 aromatic heterocycles. The lowest BCUT2D eigenvalue weighted by Crippen LogP contribution is -2.59. The van der Waals surface area contributed by atoms with Gasteiger partial charge in [-0.3, -0.25) is 4.90 Å². The third kappa shape index (κ3) is 4.18. The summed E-state index contributed by atoms with van der Waals surface area (Å²) >= 11 is 0. The number of piperazine rings is 1. The molecular weight excluding hydrogens is 272 g/mol. The second-order valence-corrected chi connectivity index (χ2v) is 9.01. The minimum absolute atomic E-state index is 0.263. The van der Waals surface area contributed by atoms with Crippen LogP contribution in [0.15, 0.2) is 0 Å². The summed E-state index contributed by atoms with van der Waals surface area (Å²) in [7, 11) is -2.86. The maximum absolute atomic E-state index is 11.8. The molecule has 0 amide bonds. The molecule has 3 atom stereocenters. The van der Waals surface area contributed by atoms with Gasteiger partial charge in [0.05, 0.1) is 5.75 Å². The van der Waals surface area contributed by atoms with E-state index in [-0.39, 0.29) is 5.75 Å². The highest BCUT2D eigenvalue weighted by atomic mass is 32.2. The summed E-state index contributed by atoms with van der Waals surface area (Å²) < 4.78 is 23.5. The minimum Gasteiger partial charge on any atom is -0.311 e. The molecular formula is C15H30N2O2S. The number of hydrogen-bond acceptors (Lipinski definition) is 4. The number of nitrogens with one attached hydrogen (secondary N) is 1. The molecule has 3 unspecified atom stereocenters. The van der Waals surface area contributed by atoms with E-state index in [1.165, 1.54) is 12.8 Å². The summed E-state index contributed by atoms with van der Waals surface area (Å²) in [4.78, 5) is 2.45. The second-order valence-electron chi connectivity index (χ2n) is 6.54. The predicted octanol–water partition coefficient (Wildman–Crippen LogP) is 1.52. The van der Waals surface area contributed by atoms with Crippen molar-refractivity contribution >= 4 is 9.84 Å². The Labute approximate surface area is 124 Å². The van der Waals surface area contributed by atoms with Crippen LogP contribution in [0, 0.1) is 11.8 Å². The molecule has 1 saturated carbocycles. The fourth-order valence-corrected chi connectivity index (χ4v) is 3.96. The summed E-state index contributed by atoms with van der Waals surface area (Å²) in [6, 6.07) is 1.07. The lowest BCUT2D eigenvalue weighted by molar-refractivity contribution is 0.0919. The van der Waals surface area contributed by atoms with Crippen LogP contribution in [-0.2, 0) is 9.84 Å². The lowest BCUT2D eigenvalue weighted by atomic mass is 9.93. The monoisotopic (exact) mass is 302 g/mol. The molecule has 4 nitrogen and oxygen atoms in total. The van der Waals surface area contributed by atoms with Crippen LogP contribution in [-0.4, -0.2) is 56.5 Å². The van der Waals surface area contributed by atoms with E-state index >= 15 is 0 Å². The highest BCUT2D eigenvalue weighted by Crippen LogP contribution is 2.35. The number of nitrogens with zero attached hydrogens (tertiary/aromatic N) is 1. The highest BCUT2D eigenvalue weighted by molar-refractivity contribution is 7.91. The number of rotatable bonds is 7. The van der Waals surface area contributed by atoms with Gasteiger partial charge in [-0.15, -0.1) is 0 Å². The molecule has 5 heteroatoms. The minimum atomic E-state index is -2.86. The quantitative estimate of drug-likeness (QED) is 0.775. The first-order valence-electron chi connectivity index (χ1n) is 8.14. The van der Waals surface area contributed by atoms with E-state index in [0.29, 0.717) is 30.3 Å². The van der Waals surface area contributed by atoms with E-state index in [1.807, 2.05) is 0 Å². The zero-order valence-corrected chi connectivity index (χ0v) is 14.0. The standard InChI is InChI=1S/C15H30N2O2S/c1-4-12(3)15-10-16-14(13-6-7-13)11-17(15)8-9-20(18,19)5-2/h12-16H,4-11H2,1-3H3. The topological polar surface area (TPSA) is 49.4 Å². The van der Waals surface area contributed by atoms with Gasteiger partial charge in [0.2, 0.25) is 0 Å². The molecule has 2 aliphatic rings. The molecule has 0 aromatic carbocycles. The van der Waals surface area contributed by atoms with E-state index in [4.69, 9.17) is 0 Å². The van der Waals surface area contributed by atoms with Gasteiger partial charge >= 0.3 is 0 Å². The highest BCUT2D eigenvalue weighted by Gasteiger charge is 2.38. The average molecular weight is 302 g/mol. The zero-order chi connectivity index (χ0) is 14.8. The van der Waals surface area contributed by atoms with Crippen molar-refractivity contribution in [1.82, 2.24) is 10.2 Å². The third-order valence-electron chi connectivity index (χ3n) is 5.11. The van der Waals surface area contributed by atoms with E-state index < -0.39 is 9.84 Å². The lowest BCUT2D eigenvalue weighted by Gasteiger charge is -2.43. The summed E-state index contributed by atoms with van der Waals surface area (Å²) in [5.74, 6) is 2.03. The van der Waals surface area contributed by atoms with Crippen LogP contribution in [0.2, 0.25) is 0 Å². The van der Waals surface area contributed by atoms with Crippen molar-refractivity contribution in [3.05, 3.63) is 0 Å². The van der Waals surface area contributed by atoms with Crippen LogP contribution < -0.4 is 5.32 Å². The SMILES string of the molecule is CCC(C)C1CNC(C2CC2)CN1CCS(=O)(=O)CC. The molecule has 2 fully saturated rings. The van der Waals surface area contributed by atoms with Crippen LogP contribution in [0.25, 0.3) is 0 Å². The molecule has 0 radical (unpaired) electrons. The van der Waals surface area contributed by atoms with Crippen molar-refractivity contribution < 1.29 is 8.42 Å². The first-order chi connectivity index (χ1) is 9.46. The smallest absolute Gasteiger partial charge is 0.151 e. The van der Waals surface area contributed by atoms with Crippen LogP contribution in [0.4, 0.5) is 0 Å². The summed E-state index contributed by atoms with van der Waals surface area (Å²) in [5.41, 5.74) is 0. The maximum atomic E-state index is 11.8. The molecule has 1 saturated heterocycles. The molecule has 20 heavy (non-hydrogen) atoms. The Morgan fingerprint density at radius 1 is 1.30 bits per heavy atom.